The molecule has 0 radical (unpaired) electrons. The van der Waals surface area contributed by atoms with E-state index in [9.17, 15) is 73.5 Å². The number of hydrogen-bond acceptors (Lipinski definition) is 31. The Morgan fingerprint density at radius 2 is 1.22 bits per heavy atom. The van der Waals surface area contributed by atoms with Crippen molar-refractivity contribution in [3.05, 3.63) is 103 Å². The van der Waals surface area contributed by atoms with Gasteiger partial charge in [-0.15, -0.1) is 0 Å². The summed E-state index contributed by atoms with van der Waals surface area (Å²) < 4.78 is 105. The van der Waals surface area contributed by atoms with Gasteiger partial charge in [-0.2, -0.15) is 0 Å². The maximum absolute atomic E-state index is 15.7. The van der Waals surface area contributed by atoms with Crippen LogP contribution < -0.4 is 36.9 Å². The number of imide groups is 1. The third-order valence-corrected chi connectivity index (χ3v) is 20.3. The number of amides is 7. The van der Waals surface area contributed by atoms with Crippen LogP contribution in [-0.2, 0) is 148 Å². The number of carbonyl (C=O) groups is 9. The predicted octanol–water partition coefficient (Wildman–Crippen LogP) is 0.140. The fraction of sp³-hybridized carbons (Fsp3) is 0.617. The van der Waals surface area contributed by atoms with Gasteiger partial charge in [0.25, 0.3) is 17.4 Å². The maximum Gasteiger partial charge on any atom is 0.407 e. The number of fused-ring (bicyclic) bond motifs is 5. The quantitative estimate of drug-likeness (QED) is 0.0141. The van der Waals surface area contributed by atoms with Crippen LogP contribution in [-0.4, -0.2) is 309 Å². The fourth-order valence-corrected chi connectivity index (χ4v) is 13.8. The Morgan fingerprint density at radius 1 is 0.653 bits per heavy atom. The van der Waals surface area contributed by atoms with Gasteiger partial charge < -0.3 is 132 Å². The Morgan fingerprint density at radius 3 is 1.79 bits per heavy atom. The Hall–Kier alpha value is -9.18. The lowest BCUT2D eigenvalue weighted by Crippen LogP contribution is -2.61. The number of carboxylic acids is 1. The third-order valence-electron chi connectivity index (χ3n) is 20.3. The molecule has 5 aliphatic rings. The van der Waals surface area contributed by atoms with Gasteiger partial charge in [0.1, 0.15) is 49.1 Å². The van der Waals surface area contributed by atoms with E-state index < -0.39 is 120 Å². The van der Waals surface area contributed by atoms with Gasteiger partial charge in [0, 0.05) is 92.8 Å². The van der Waals surface area contributed by atoms with E-state index in [1.807, 2.05) is 0 Å². The van der Waals surface area contributed by atoms with Crippen LogP contribution in [0.15, 0.2) is 47.3 Å². The zero-order valence-corrected chi connectivity index (χ0v) is 68.2. The summed E-state index contributed by atoms with van der Waals surface area (Å²) in [6.07, 6.45) is -7.57. The average Bonchev–Trinajstić information content (AvgIpc) is 1.58. The van der Waals surface area contributed by atoms with Gasteiger partial charge in [-0.25, -0.2) is 23.8 Å². The van der Waals surface area contributed by atoms with Crippen molar-refractivity contribution in [1.82, 2.24) is 41.0 Å². The number of nitrogens with zero attached hydrogens (tertiary/aromatic N) is 3. The van der Waals surface area contributed by atoms with Gasteiger partial charge in [0.2, 0.25) is 29.9 Å². The van der Waals surface area contributed by atoms with Gasteiger partial charge in [0.15, 0.2) is 11.7 Å². The van der Waals surface area contributed by atoms with Gasteiger partial charge in [0.05, 0.1) is 187 Å². The van der Waals surface area contributed by atoms with Crippen molar-refractivity contribution in [1.29, 1.82) is 0 Å². The molecule has 2 aromatic heterocycles. The molecule has 0 bridgehead atoms. The van der Waals surface area contributed by atoms with E-state index in [0.717, 1.165) is 4.90 Å². The normalized spacial score (nSPS) is 19.1. The van der Waals surface area contributed by atoms with Gasteiger partial charge >= 0.3 is 18.0 Å². The number of aliphatic hydroxyl groups excluding tert-OH is 3. The SMILES string of the molecule is CCC1(O)C(=O)OCc2c1cc1n(c2=O)Cc2c-1nc1cc(F)c(C)c3c1c2C(NC(=O)OCc1ccc(OC2OC(C(=O)O)C(O)C(O)C2O)c(CNC(=O)CCNC(=O)C(CNC(=O)CCOCCOCCOCCOCCOCCOCCOCCOCCOCCOCCOCCOC)NC(=O)CCCCCN2C(=O)C=CC2=O)c1)CC3. The number of carboxylic acid groups (broad SMARTS) is 1. The number of cyclic esters (lactones) is 1. The molecule has 8 atom stereocenters. The highest BCUT2D eigenvalue weighted by Crippen LogP contribution is 2.46. The molecule has 0 spiro atoms. The number of ether oxygens (including phenoxy) is 16. The molecule has 1 saturated heterocycles. The Labute approximate surface area is 696 Å². The zero-order chi connectivity index (χ0) is 86.6. The lowest BCUT2D eigenvalue weighted by Gasteiger charge is -2.38. The van der Waals surface area contributed by atoms with Crippen LogP contribution >= 0.6 is 0 Å². The Bertz CT molecular complexity index is 4210. The standard InChI is InChI=1S/C81H111FN8O31/c1-4-81(105)56-43-61-70-54(47-90(61)76(100)55(56)49-118-79(81)103)69-58(11-10-53-50(2)57(82)44-59(87-70)68(53)69)88-80(104)119-48-51-9-12-62(120-78-73(98)71(96)72(97)74(121-78)77(101)102)52(42-51)45-84-63(91)15-17-83-75(99)60(86-65(93)8-6-5-7-18-89-66(94)13-14-67(89)95)46-85-64(92)16-19-107-22-23-109-26-27-111-30-31-113-34-35-115-38-39-117-41-40-116-37-36-114-33-32-112-29-28-110-25-24-108-21-20-106-3/h9,12-14,42-44,58,60,71-74,78,96-98,105H,4-8,10-11,15-41,45-49H2,1-3H3,(H,83,99)(H,84,91)(H,85,92)(H,86,93)(H,88,104)(H,101,102). The third kappa shape index (κ3) is 28.2. The van der Waals surface area contributed by atoms with Crippen LogP contribution in [0.1, 0.15) is 109 Å². The van der Waals surface area contributed by atoms with Crippen molar-refractivity contribution in [2.45, 2.75) is 146 Å². The van der Waals surface area contributed by atoms with E-state index in [2.05, 4.69) is 26.6 Å². The highest BCUT2D eigenvalue weighted by Gasteiger charge is 2.49. The number of nitrogens with one attached hydrogen (secondary N) is 5. The molecule has 4 aliphatic heterocycles. The van der Waals surface area contributed by atoms with Gasteiger partial charge in [-0.3, -0.25) is 38.5 Å². The highest BCUT2D eigenvalue weighted by molar-refractivity contribution is 6.12. The molecule has 6 heterocycles. The number of methoxy groups -OCH3 is 1. The number of unbranched alkanes of at least 4 members (excludes halogenated alkanes) is 2. The van der Waals surface area contributed by atoms with Crippen LogP contribution in [0.3, 0.4) is 0 Å². The smallest absolute Gasteiger partial charge is 0.407 e. The zero-order valence-electron chi connectivity index (χ0n) is 68.2. The lowest BCUT2D eigenvalue weighted by molar-refractivity contribution is -0.271. The summed E-state index contributed by atoms with van der Waals surface area (Å²) in [5.41, 5.74) is 0.811. The average molecular weight is 1710 g/mol. The molecule has 121 heavy (non-hydrogen) atoms. The minimum Gasteiger partial charge on any atom is -0.479 e. The minimum absolute atomic E-state index is 0.0152. The number of carbonyl (C=O) groups excluding carboxylic acids is 8. The number of aliphatic hydroxyl groups is 4. The van der Waals surface area contributed by atoms with Crippen LogP contribution in [0.25, 0.3) is 22.3 Å². The summed E-state index contributed by atoms with van der Waals surface area (Å²) in [6, 6.07) is 4.86. The second-order valence-corrected chi connectivity index (χ2v) is 28.6. The van der Waals surface area contributed by atoms with Crippen LogP contribution in [0.4, 0.5) is 9.18 Å². The van der Waals surface area contributed by atoms with Crippen LogP contribution in [0, 0.1) is 12.7 Å². The van der Waals surface area contributed by atoms with Crippen molar-refractivity contribution in [2.75, 3.05) is 179 Å². The van der Waals surface area contributed by atoms with Crippen LogP contribution in [0.5, 0.6) is 5.75 Å². The van der Waals surface area contributed by atoms with Gasteiger partial charge in [-0.05, 0) is 79.5 Å². The first-order valence-corrected chi connectivity index (χ1v) is 40.5. The largest absolute Gasteiger partial charge is 0.479 e. The Balaban J connectivity index is 0.695. The van der Waals surface area contributed by atoms with Crippen molar-refractivity contribution in [2.24, 2.45) is 0 Å². The molecule has 668 valence electrons. The molecule has 8 unspecified atom stereocenters. The summed E-state index contributed by atoms with van der Waals surface area (Å²) >= 11 is 0. The molecular formula is C81H111FN8O31. The number of pyridine rings is 2. The molecule has 39 nitrogen and oxygen atoms in total. The second-order valence-electron chi connectivity index (χ2n) is 28.6. The number of aromatic nitrogens is 2. The first-order valence-electron chi connectivity index (χ1n) is 40.5. The summed E-state index contributed by atoms with van der Waals surface area (Å²) in [7, 11) is 1.62. The van der Waals surface area contributed by atoms with Crippen molar-refractivity contribution in [3.63, 3.8) is 0 Å². The fourth-order valence-electron chi connectivity index (χ4n) is 13.8. The molecule has 10 N–H and O–H groups in total. The molecule has 4 aromatic rings. The van der Waals surface area contributed by atoms with E-state index in [1.165, 1.54) is 47.1 Å². The van der Waals surface area contributed by atoms with Crippen molar-refractivity contribution in [3.8, 4) is 17.1 Å². The monoisotopic (exact) mass is 1710 g/mol. The van der Waals surface area contributed by atoms with Gasteiger partial charge in [-0.1, -0.05) is 19.4 Å². The number of halogens is 1. The van der Waals surface area contributed by atoms with E-state index in [1.54, 1.807) is 21.0 Å². The number of rotatable bonds is 58. The maximum atomic E-state index is 15.7. The minimum atomic E-state index is -2.12. The molecule has 2 aromatic carbocycles. The summed E-state index contributed by atoms with van der Waals surface area (Å²) in [4.78, 5) is 137. The number of aliphatic carboxylic acids is 1. The Kier molecular flexibility index (Phi) is 39.4. The summed E-state index contributed by atoms with van der Waals surface area (Å²) in [5.74, 6) is -6.66. The highest BCUT2D eigenvalue weighted by atomic mass is 19.1. The summed E-state index contributed by atoms with van der Waals surface area (Å²) in [6.45, 7) is 10.4. The first kappa shape index (κ1) is 95.7. The molecule has 0 saturated carbocycles. The lowest BCUT2D eigenvalue weighted by atomic mass is 9.81. The number of aryl methyl sites for hydroxylation is 1. The second kappa shape index (κ2) is 49.8. The first-order chi connectivity index (χ1) is 58.5. The van der Waals surface area contributed by atoms with E-state index in [0.29, 0.717) is 179 Å². The van der Waals surface area contributed by atoms with Crippen molar-refractivity contribution >= 4 is 64.4 Å². The molecular weight excluding hydrogens is 1600 g/mol. The molecule has 9 rings (SSSR count). The topological polar surface area (TPSA) is 501 Å². The van der Waals surface area contributed by atoms with E-state index in [4.69, 9.17) is 80.8 Å². The molecule has 1 fully saturated rings. The molecule has 40 heteroatoms. The van der Waals surface area contributed by atoms with E-state index >= 15 is 4.39 Å². The number of benzene rings is 2. The molecule has 1 aliphatic carbocycles. The number of esters is 1. The number of alkyl carbamates (subject to hydrolysis) is 1. The molecule has 7 amide bonds. The van der Waals surface area contributed by atoms with Crippen LogP contribution in [0.2, 0.25) is 0 Å². The van der Waals surface area contributed by atoms with Crippen molar-refractivity contribution < 1.29 is 149 Å². The summed E-state index contributed by atoms with van der Waals surface area (Å²) in [5, 5.41) is 67.3. The van der Waals surface area contributed by atoms with E-state index in [-0.39, 0.29) is 143 Å². The number of hydrogen-bond donors (Lipinski definition) is 10. The predicted molar refractivity (Wildman–Crippen MR) is 419 cm³/mol.